The van der Waals surface area contributed by atoms with Crippen LogP contribution in [0.15, 0.2) is 24.3 Å². The summed E-state index contributed by atoms with van der Waals surface area (Å²) in [5.74, 6) is -1.04. The van der Waals surface area contributed by atoms with Gasteiger partial charge in [0.2, 0.25) is 0 Å². The average Bonchev–Trinajstić information content (AvgIpc) is 2.26. The highest BCUT2D eigenvalue weighted by Gasteiger charge is 2.19. The second-order valence-corrected chi connectivity index (χ2v) is 3.99. The van der Waals surface area contributed by atoms with Gasteiger partial charge in [-0.05, 0) is 19.1 Å². The summed E-state index contributed by atoms with van der Waals surface area (Å²) in [5.41, 5.74) is 1.64. The number of rotatable bonds is 3. The summed E-state index contributed by atoms with van der Waals surface area (Å²) in [6.45, 7) is 1.58. The van der Waals surface area contributed by atoms with Gasteiger partial charge in [-0.1, -0.05) is 17.7 Å². The van der Waals surface area contributed by atoms with Crippen molar-refractivity contribution in [3.63, 3.8) is 0 Å². The van der Waals surface area contributed by atoms with Crippen LogP contribution in [0.3, 0.4) is 0 Å². The molecule has 17 heavy (non-hydrogen) atoms. The van der Waals surface area contributed by atoms with Crippen LogP contribution in [0, 0.1) is 6.92 Å². The van der Waals surface area contributed by atoms with Crippen LogP contribution >= 0.6 is 0 Å². The van der Waals surface area contributed by atoms with E-state index in [0.29, 0.717) is 5.69 Å². The van der Waals surface area contributed by atoms with E-state index >= 15 is 0 Å². The molecule has 0 aliphatic rings. The minimum atomic E-state index is -1.04. The van der Waals surface area contributed by atoms with Crippen molar-refractivity contribution < 1.29 is 14.7 Å². The van der Waals surface area contributed by atoms with Crippen LogP contribution in [0.4, 0.5) is 10.5 Å². The van der Waals surface area contributed by atoms with Gasteiger partial charge in [0, 0.05) is 19.8 Å². The lowest BCUT2D eigenvalue weighted by Crippen LogP contribution is -2.42. The predicted molar refractivity (Wildman–Crippen MR) is 65.2 cm³/mol. The van der Waals surface area contributed by atoms with Gasteiger partial charge >= 0.3 is 12.0 Å². The van der Waals surface area contributed by atoms with Crippen molar-refractivity contribution in [2.45, 2.75) is 6.92 Å². The summed E-state index contributed by atoms with van der Waals surface area (Å²) in [5, 5.41) is 8.82. The fourth-order valence-electron chi connectivity index (χ4n) is 1.37. The van der Waals surface area contributed by atoms with Crippen molar-refractivity contribution in [3.8, 4) is 0 Å². The standard InChI is InChI=1S/C12H16N2O3/c1-9-4-6-10(7-5-9)14(8-11(15)16)12(17)13(2)3/h4-7H,8H2,1-3H3,(H,15,16). The second-order valence-electron chi connectivity index (χ2n) is 3.99. The van der Waals surface area contributed by atoms with Gasteiger partial charge in [0.1, 0.15) is 6.54 Å². The third-order valence-electron chi connectivity index (χ3n) is 2.25. The second kappa shape index (κ2) is 5.34. The summed E-state index contributed by atoms with van der Waals surface area (Å²) in [6.07, 6.45) is 0. The summed E-state index contributed by atoms with van der Waals surface area (Å²) in [4.78, 5) is 25.2. The van der Waals surface area contributed by atoms with Crippen LogP contribution in [0.2, 0.25) is 0 Å². The summed E-state index contributed by atoms with van der Waals surface area (Å²) in [7, 11) is 3.18. The number of carboxylic acid groups (broad SMARTS) is 1. The molecule has 92 valence electrons. The number of nitrogens with zero attached hydrogens (tertiary/aromatic N) is 2. The Balaban J connectivity index is 3.01. The first-order valence-electron chi connectivity index (χ1n) is 5.19. The van der Waals surface area contributed by atoms with Crippen LogP contribution < -0.4 is 4.90 Å². The van der Waals surface area contributed by atoms with E-state index in [1.165, 1.54) is 9.80 Å². The van der Waals surface area contributed by atoms with Gasteiger partial charge < -0.3 is 10.0 Å². The van der Waals surface area contributed by atoms with E-state index < -0.39 is 5.97 Å². The maximum Gasteiger partial charge on any atom is 0.324 e. The van der Waals surface area contributed by atoms with Crippen molar-refractivity contribution >= 4 is 17.7 Å². The lowest BCUT2D eigenvalue weighted by Gasteiger charge is -2.24. The first kappa shape index (κ1) is 13.0. The highest BCUT2D eigenvalue weighted by Crippen LogP contribution is 2.16. The number of benzene rings is 1. The van der Waals surface area contributed by atoms with Crippen molar-refractivity contribution in [2.75, 3.05) is 25.5 Å². The maximum absolute atomic E-state index is 11.9. The van der Waals surface area contributed by atoms with Gasteiger partial charge in [-0.2, -0.15) is 0 Å². The molecule has 0 heterocycles. The highest BCUT2D eigenvalue weighted by atomic mass is 16.4. The van der Waals surface area contributed by atoms with Gasteiger partial charge in [0.25, 0.3) is 0 Å². The monoisotopic (exact) mass is 236 g/mol. The maximum atomic E-state index is 11.9. The summed E-state index contributed by atoms with van der Waals surface area (Å²) < 4.78 is 0. The predicted octanol–water partition coefficient (Wildman–Crippen LogP) is 1.57. The molecule has 0 radical (unpaired) electrons. The Bertz CT molecular complexity index is 412. The van der Waals surface area contributed by atoms with Crippen molar-refractivity contribution in [1.29, 1.82) is 0 Å². The van der Waals surface area contributed by atoms with E-state index in [4.69, 9.17) is 5.11 Å². The molecule has 5 nitrogen and oxygen atoms in total. The molecule has 5 heteroatoms. The van der Waals surface area contributed by atoms with Gasteiger partial charge in [-0.15, -0.1) is 0 Å². The lowest BCUT2D eigenvalue weighted by atomic mass is 10.2. The van der Waals surface area contributed by atoms with Gasteiger partial charge in [-0.25, -0.2) is 4.79 Å². The van der Waals surface area contributed by atoms with Crippen molar-refractivity contribution in [3.05, 3.63) is 29.8 Å². The zero-order valence-electron chi connectivity index (χ0n) is 10.2. The van der Waals surface area contributed by atoms with Gasteiger partial charge in [0.15, 0.2) is 0 Å². The fourth-order valence-corrected chi connectivity index (χ4v) is 1.37. The molecule has 0 unspecified atom stereocenters. The van der Waals surface area contributed by atoms with Crippen LogP contribution in [0.5, 0.6) is 0 Å². The average molecular weight is 236 g/mol. The smallest absolute Gasteiger partial charge is 0.324 e. The quantitative estimate of drug-likeness (QED) is 0.866. The highest BCUT2D eigenvalue weighted by molar-refractivity contribution is 5.96. The Hall–Kier alpha value is -2.04. The van der Waals surface area contributed by atoms with E-state index in [1.54, 1.807) is 26.2 Å². The third-order valence-corrected chi connectivity index (χ3v) is 2.25. The largest absolute Gasteiger partial charge is 0.480 e. The SMILES string of the molecule is Cc1ccc(N(CC(=O)O)C(=O)N(C)C)cc1. The molecule has 1 N–H and O–H groups in total. The molecule has 0 fully saturated rings. The molecule has 0 saturated heterocycles. The lowest BCUT2D eigenvalue weighted by molar-refractivity contribution is -0.135. The molecule has 1 rings (SSSR count). The van der Waals surface area contributed by atoms with Crippen LogP contribution in [0.25, 0.3) is 0 Å². The molecular formula is C12H16N2O3. The van der Waals surface area contributed by atoms with Gasteiger partial charge in [0.05, 0.1) is 0 Å². The number of aryl methyl sites for hydroxylation is 1. The van der Waals surface area contributed by atoms with Crippen LogP contribution in [-0.4, -0.2) is 42.6 Å². The first-order chi connectivity index (χ1) is 7.91. The summed E-state index contributed by atoms with van der Waals surface area (Å²) >= 11 is 0. The number of amides is 2. The Morgan fingerprint density at radius 3 is 2.12 bits per heavy atom. The number of urea groups is 1. The molecule has 0 aromatic heterocycles. The Morgan fingerprint density at radius 2 is 1.71 bits per heavy atom. The first-order valence-corrected chi connectivity index (χ1v) is 5.19. The molecule has 0 aliphatic heterocycles. The Kier molecular flexibility index (Phi) is 4.09. The topological polar surface area (TPSA) is 60.9 Å². The van der Waals surface area contributed by atoms with E-state index in [2.05, 4.69) is 0 Å². The third kappa shape index (κ3) is 3.48. The normalized spacial score (nSPS) is 9.82. The number of carboxylic acids is 1. The van der Waals surface area contributed by atoms with E-state index in [0.717, 1.165) is 5.56 Å². The molecule has 2 amide bonds. The molecule has 0 atom stereocenters. The van der Waals surface area contributed by atoms with Gasteiger partial charge in [-0.3, -0.25) is 9.69 Å². The molecule has 0 spiro atoms. The Morgan fingerprint density at radius 1 is 1.18 bits per heavy atom. The zero-order chi connectivity index (χ0) is 13.0. The molecule has 0 saturated carbocycles. The number of carbonyl (C=O) groups excluding carboxylic acids is 1. The zero-order valence-corrected chi connectivity index (χ0v) is 10.2. The van der Waals surface area contributed by atoms with Crippen molar-refractivity contribution in [1.82, 2.24) is 4.90 Å². The molecule has 0 aliphatic carbocycles. The minimum Gasteiger partial charge on any atom is -0.480 e. The van der Waals surface area contributed by atoms with E-state index in [-0.39, 0.29) is 12.6 Å². The molecular weight excluding hydrogens is 220 g/mol. The molecule has 0 bridgehead atoms. The molecule has 1 aromatic rings. The van der Waals surface area contributed by atoms with E-state index in [9.17, 15) is 9.59 Å². The minimum absolute atomic E-state index is 0.347. The van der Waals surface area contributed by atoms with Crippen LogP contribution in [0.1, 0.15) is 5.56 Å². The number of anilines is 1. The van der Waals surface area contributed by atoms with E-state index in [1.807, 2.05) is 19.1 Å². The summed E-state index contributed by atoms with van der Waals surface area (Å²) in [6, 6.07) is 6.80. The van der Waals surface area contributed by atoms with Crippen molar-refractivity contribution in [2.24, 2.45) is 0 Å². The van der Waals surface area contributed by atoms with Crippen LogP contribution in [-0.2, 0) is 4.79 Å². The number of aliphatic carboxylic acids is 1. The number of hydrogen-bond donors (Lipinski definition) is 1. The number of hydrogen-bond acceptors (Lipinski definition) is 2. The fraction of sp³-hybridized carbons (Fsp3) is 0.333. The number of carbonyl (C=O) groups is 2. The Labute approximate surface area is 100 Å². The molecule has 1 aromatic carbocycles.